The van der Waals surface area contributed by atoms with E-state index in [1.807, 2.05) is 0 Å². The molecule has 0 radical (unpaired) electrons. The van der Waals surface area contributed by atoms with Gasteiger partial charge in [-0.3, -0.25) is 4.90 Å². The minimum absolute atomic E-state index is 0.872. The van der Waals surface area contributed by atoms with Crippen LogP contribution in [0.1, 0.15) is 31.2 Å². The quantitative estimate of drug-likeness (QED) is 0.692. The molecule has 0 N–H and O–H groups in total. The van der Waals surface area contributed by atoms with Gasteiger partial charge in [-0.1, -0.05) is 34.8 Å². The lowest BCUT2D eigenvalue weighted by Gasteiger charge is -2.39. The zero-order valence-electron chi connectivity index (χ0n) is 11.8. The van der Waals surface area contributed by atoms with Crippen LogP contribution in [0.5, 0.6) is 0 Å². The van der Waals surface area contributed by atoms with E-state index in [0.29, 0.717) is 0 Å². The van der Waals surface area contributed by atoms with Crippen molar-refractivity contribution in [3.05, 3.63) is 28.2 Å². The van der Waals surface area contributed by atoms with Gasteiger partial charge < -0.3 is 4.90 Å². The number of rotatable bonds is 3. The van der Waals surface area contributed by atoms with E-state index in [2.05, 4.69) is 59.9 Å². The third kappa shape index (κ3) is 3.23. The molecule has 3 rings (SSSR count). The average molecular weight is 402 g/mol. The SMILES string of the molecule is BrCc1ccc(N2CCN(C3CCCC3)CC2)c(Br)c1. The zero-order valence-corrected chi connectivity index (χ0v) is 15.0. The Balaban J connectivity index is 1.62. The average Bonchev–Trinajstić information content (AvgIpc) is 3.01. The Morgan fingerprint density at radius 2 is 1.75 bits per heavy atom. The molecule has 2 nitrogen and oxygen atoms in total. The fourth-order valence-corrected chi connectivity index (χ4v) is 4.51. The second-order valence-electron chi connectivity index (χ2n) is 5.88. The molecule has 1 heterocycles. The highest BCUT2D eigenvalue weighted by Crippen LogP contribution is 2.30. The van der Waals surface area contributed by atoms with E-state index in [4.69, 9.17) is 0 Å². The Labute approximate surface area is 138 Å². The van der Waals surface area contributed by atoms with Gasteiger partial charge in [0.15, 0.2) is 0 Å². The molecule has 1 saturated carbocycles. The van der Waals surface area contributed by atoms with Crippen molar-refractivity contribution in [3.63, 3.8) is 0 Å². The van der Waals surface area contributed by atoms with Gasteiger partial charge in [0.05, 0.1) is 5.69 Å². The Morgan fingerprint density at radius 1 is 1.05 bits per heavy atom. The van der Waals surface area contributed by atoms with Gasteiger partial charge >= 0.3 is 0 Å². The molecule has 2 aliphatic rings. The van der Waals surface area contributed by atoms with Crippen LogP contribution in [0, 0.1) is 0 Å². The summed E-state index contributed by atoms with van der Waals surface area (Å²) in [5, 5.41) is 0.918. The predicted molar refractivity (Wildman–Crippen MR) is 92.8 cm³/mol. The lowest BCUT2D eigenvalue weighted by atomic mass is 10.1. The Morgan fingerprint density at radius 3 is 2.35 bits per heavy atom. The highest BCUT2D eigenvalue weighted by molar-refractivity contribution is 9.10. The number of benzene rings is 1. The summed E-state index contributed by atoms with van der Waals surface area (Å²) in [4.78, 5) is 5.23. The second kappa shape index (κ2) is 6.80. The van der Waals surface area contributed by atoms with Crippen molar-refractivity contribution >= 4 is 37.5 Å². The van der Waals surface area contributed by atoms with Crippen LogP contribution in [0.3, 0.4) is 0 Å². The molecule has 1 aliphatic heterocycles. The molecule has 0 amide bonds. The van der Waals surface area contributed by atoms with Gasteiger partial charge in [-0.2, -0.15) is 0 Å². The molecule has 0 spiro atoms. The third-order valence-electron chi connectivity index (χ3n) is 4.66. The summed E-state index contributed by atoms with van der Waals surface area (Å²) in [6, 6.07) is 7.58. The number of anilines is 1. The van der Waals surface area contributed by atoms with E-state index in [9.17, 15) is 0 Å². The summed E-state index contributed by atoms with van der Waals surface area (Å²) in [5.74, 6) is 0. The fourth-order valence-electron chi connectivity index (χ4n) is 3.49. The summed E-state index contributed by atoms with van der Waals surface area (Å²) in [5.41, 5.74) is 2.67. The van der Waals surface area contributed by atoms with Gasteiger partial charge in [-0.25, -0.2) is 0 Å². The van der Waals surface area contributed by atoms with Crippen LogP contribution >= 0.6 is 31.9 Å². The summed E-state index contributed by atoms with van der Waals surface area (Å²) in [6.07, 6.45) is 5.71. The molecule has 4 heteroatoms. The number of hydrogen-bond donors (Lipinski definition) is 0. The molecule has 0 bridgehead atoms. The van der Waals surface area contributed by atoms with Crippen LogP contribution in [-0.2, 0) is 5.33 Å². The maximum absolute atomic E-state index is 3.73. The molecular formula is C16H22Br2N2. The van der Waals surface area contributed by atoms with Crippen LogP contribution in [-0.4, -0.2) is 37.1 Å². The standard InChI is InChI=1S/C16H22Br2N2/c17-12-13-5-6-16(15(18)11-13)20-9-7-19(8-10-20)14-3-1-2-4-14/h5-6,11,14H,1-4,7-10,12H2. The van der Waals surface area contributed by atoms with Crippen molar-refractivity contribution in [2.24, 2.45) is 0 Å². The molecule has 0 atom stereocenters. The number of nitrogens with zero attached hydrogens (tertiary/aromatic N) is 2. The van der Waals surface area contributed by atoms with E-state index >= 15 is 0 Å². The topological polar surface area (TPSA) is 6.48 Å². The first-order valence-electron chi connectivity index (χ1n) is 7.61. The smallest absolute Gasteiger partial charge is 0.0511 e. The maximum Gasteiger partial charge on any atom is 0.0511 e. The summed E-state index contributed by atoms with van der Waals surface area (Å²) >= 11 is 7.25. The second-order valence-corrected chi connectivity index (χ2v) is 7.30. The van der Waals surface area contributed by atoms with Gasteiger partial charge in [-0.15, -0.1) is 0 Å². The van der Waals surface area contributed by atoms with Gasteiger partial charge in [0.2, 0.25) is 0 Å². The molecule has 1 saturated heterocycles. The first-order valence-corrected chi connectivity index (χ1v) is 9.53. The molecule has 1 aromatic rings. The van der Waals surface area contributed by atoms with E-state index < -0.39 is 0 Å². The Bertz CT molecular complexity index is 450. The van der Waals surface area contributed by atoms with Gasteiger partial charge in [0.1, 0.15) is 0 Å². The Kier molecular flexibility index (Phi) is 5.05. The molecule has 1 aliphatic carbocycles. The van der Waals surface area contributed by atoms with Crippen molar-refractivity contribution < 1.29 is 0 Å². The fraction of sp³-hybridized carbons (Fsp3) is 0.625. The van der Waals surface area contributed by atoms with Gasteiger partial charge in [-0.05, 0) is 46.5 Å². The van der Waals surface area contributed by atoms with E-state index in [0.717, 1.165) is 24.5 Å². The van der Waals surface area contributed by atoms with Crippen LogP contribution < -0.4 is 4.90 Å². The lowest BCUT2D eigenvalue weighted by molar-refractivity contribution is 0.187. The maximum atomic E-state index is 3.73. The lowest BCUT2D eigenvalue weighted by Crippen LogP contribution is -2.49. The van der Waals surface area contributed by atoms with E-state index in [-0.39, 0.29) is 0 Å². The normalized spacial score (nSPS) is 21.6. The summed E-state index contributed by atoms with van der Waals surface area (Å²) < 4.78 is 1.23. The summed E-state index contributed by atoms with van der Waals surface area (Å²) in [6.45, 7) is 4.75. The van der Waals surface area contributed by atoms with Crippen LogP contribution in [0.15, 0.2) is 22.7 Å². The summed E-state index contributed by atoms with van der Waals surface area (Å²) in [7, 11) is 0. The van der Waals surface area contributed by atoms with Crippen molar-refractivity contribution in [1.82, 2.24) is 4.90 Å². The van der Waals surface area contributed by atoms with Crippen molar-refractivity contribution in [1.29, 1.82) is 0 Å². The van der Waals surface area contributed by atoms with Crippen molar-refractivity contribution in [3.8, 4) is 0 Å². The molecule has 0 unspecified atom stereocenters. The number of halogens is 2. The zero-order chi connectivity index (χ0) is 13.9. The minimum Gasteiger partial charge on any atom is -0.368 e. The predicted octanol–water partition coefficient (Wildman–Crippen LogP) is 4.41. The monoisotopic (exact) mass is 400 g/mol. The van der Waals surface area contributed by atoms with Gasteiger partial charge in [0, 0.05) is 42.0 Å². The Hall–Kier alpha value is -0.0600. The van der Waals surface area contributed by atoms with Crippen molar-refractivity contribution in [2.45, 2.75) is 37.1 Å². The molecule has 110 valence electrons. The van der Waals surface area contributed by atoms with Crippen LogP contribution in [0.2, 0.25) is 0 Å². The minimum atomic E-state index is 0.872. The highest BCUT2D eigenvalue weighted by atomic mass is 79.9. The molecule has 0 aromatic heterocycles. The molecule has 20 heavy (non-hydrogen) atoms. The number of hydrogen-bond acceptors (Lipinski definition) is 2. The van der Waals surface area contributed by atoms with Crippen LogP contribution in [0.4, 0.5) is 5.69 Å². The highest BCUT2D eigenvalue weighted by Gasteiger charge is 2.26. The first kappa shape index (κ1) is 14.9. The van der Waals surface area contributed by atoms with E-state index in [1.54, 1.807) is 0 Å². The molecular weight excluding hydrogens is 380 g/mol. The first-order chi connectivity index (χ1) is 9.78. The largest absolute Gasteiger partial charge is 0.368 e. The third-order valence-corrected chi connectivity index (χ3v) is 5.95. The van der Waals surface area contributed by atoms with E-state index in [1.165, 1.54) is 54.5 Å². The molecule has 2 fully saturated rings. The van der Waals surface area contributed by atoms with Crippen molar-refractivity contribution in [2.75, 3.05) is 31.1 Å². The van der Waals surface area contributed by atoms with Gasteiger partial charge in [0.25, 0.3) is 0 Å². The number of alkyl halides is 1. The number of piperazine rings is 1. The van der Waals surface area contributed by atoms with Crippen LogP contribution in [0.25, 0.3) is 0 Å². The molecule has 1 aromatic carbocycles.